The van der Waals surface area contributed by atoms with Gasteiger partial charge in [-0.15, -0.1) is 0 Å². The first-order valence-corrected chi connectivity index (χ1v) is 8.59. The Kier molecular flexibility index (Phi) is 5.50. The van der Waals surface area contributed by atoms with Gasteiger partial charge in [0.2, 0.25) is 0 Å². The molecule has 0 aliphatic rings. The van der Waals surface area contributed by atoms with Gasteiger partial charge in [0.05, 0.1) is 31.5 Å². The zero-order valence-corrected chi connectivity index (χ0v) is 15.7. The van der Waals surface area contributed by atoms with E-state index in [0.29, 0.717) is 21.8 Å². The number of benzene rings is 1. The Morgan fingerprint density at radius 1 is 1.15 bits per heavy atom. The number of nitrogens with zero attached hydrogens (tertiary/aromatic N) is 5. The highest BCUT2D eigenvalue weighted by atomic mass is 32.1. The smallest absolute Gasteiger partial charge is 0.325 e. The van der Waals surface area contributed by atoms with Crippen LogP contribution in [0.25, 0.3) is 10.2 Å². The number of hydrogen-bond donors (Lipinski definition) is 0. The topological polar surface area (TPSA) is 110 Å². The first kappa shape index (κ1) is 18.6. The summed E-state index contributed by atoms with van der Waals surface area (Å²) in [5, 5.41) is 3.88. The quantitative estimate of drug-likeness (QED) is 0.566. The van der Waals surface area contributed by atoms with Gasteiger partial charge < -0.3 is 18.8 Å². The third-order valence-corrected chi connectivity index (χ3v) is 4.73. The fourth-order valence-electron chi connectivity index (χ4n) is 2.42. The van der Waals surface area contributed by atoms with Crippen molar-refractivity contribution >= 4 is 33.4 Å². The molecule has 2 aromatic heterocycles. The molecule has 27 heavy (non-hydrogen) atoms. The number of methoxy groups -OCH3 is 3. The van der Waals surface area contributed by atoms with E-state index in [1.807, 2.05) is 0 Å². The van der Waals surface area contributed by atoms with E-state index in [1.165, 1.54) is 50.0 Å². The monoisotopic (exact) mass is 391 g/mol. The number of aromatic nitrogens is 4. The van der Waals surface area contributed by atoms with E-state index < -0.39 is 11.9 Å². The largest absolute Gasteiger partial charge is 0.493 e. The number of ether oxygens (including phenoxy) is 3. The minimum absolute atomic E-state index is 0.0564. The van der Waals surface area contributed by atoms with Crippen LogP contribution in [-0.2, 0) is 27.4 Å². The van der Waals surface area contributed by atoms with Crippen molar-refractivity contribution in [1.29, 1.82) is 0 Å². The van der Waals surface area contributed by atoms with Crippen LogP contribution in [0.15, 0.2) is 29.8 Å². The Bertz CT molecular complexity index is 1040. The van der Waals surface area contributed by atoms with Crippen LogP contribution in [0.5, 0.6) is 11.5 Å². The minimum Gasteiger partial charge on any atom is -0.493 e. The lowest BCUT2D eigenvalue weighted by Gasteiger charge is -2.09. The van der Waals surface area contributed by atoms with Gasteiger partial charge in [-0.05, 0) is 0 Å². The zero-order valence-electron chi connectivity index (χ0n) is 14.9. The van der Waals surface area contributed by atoms with Crippen molar-refractivity contribution in [1.82, 2.24) is 19.3 Å². The fraction of sp³-hybridized carbons (Fsp3) is 0.312. The van der Waals surface area contributed by atoms with Gasteiger partial charge in [-0.2, -0.15) is 10.1 Å². The van der Waals surface area contributed by atoms with Gasteiger partial charge in [-0.3, -0.25) is 9.59 Å². The van der Waals surface area contributed by atoms with E-state index in [4.69, 9.17) is 14.2 Å². The molecule has 0 saturated heterocycles. The van der Waals surface area contributed by atoms with E-state index in [1.54, 1.807) is 16.7 Å². The molecule has 0 fully saturated rings. The Labute approximate surface area is 157 Å². The van der Waals surface area contributed by atoms with Gasteiger partial charge in [0.25, 0.3) is 5.91 Å². The maximum atomic E-state index is 12.3. The molecule has 0 unspecified atom stereocenters. The second-order valence-electron chi connectivity index (χ2n) is 5.32. The number of thiazole rings is 1. The molecule has 0 spiro atoms. The Morgan fingerprint density at radius 2 is 1.89 bits per heavy atom. The number of hydrogen-bond acceptors (Lipinski definition) is 8. The molecule has 10 nitrogen and oxygen atoms in total. The van der Waals surface area contributed by atoms with Gasteiger partial charge in [0.15, 0.2) is 16.3 Å². The highest BCUT2D eigenvalue weighted by molar-refractivity contribution is 7.16. The molecule has 0 radical (unpaired) electrons. The molecular weight excluding hydrogens is 374 g/mol. The van der Waals surface area contributed by atoms with Crippen LogP contribution in [0.2, 0.25) is 0 Å². The molecule has 3 rings (SSSR count). The lowest BCUT2D eigenvalue weighted by atomic mass is 10.3. The first-order chi connectivity index (χ1) is 13.0. The van der Waals surface area contributed by atoms with E-state index in [-0.39, 0.29) is 13.1 Å². The zero-order chi connectivity index (χ0) is 19.4. The molecule has 0 saturated carbocycles. The van der Waals surface area contributed by atoms with Crippen LogP contribution in [-0.4, -0.2) is 52.5 Å². The Hall–Kier alpha value is -3.21. The van der Waals surface area contributed by atoms with E-state index in [0.717, 1.165) is 4.70 Å². The number of carbonyl (C=O) groups is 2. The van der Waals surface area contributed by atoms with Crippen LogP contribution in [0.3, 0.4) is 0 Å². The summed E-state index contributed by atoms with van der Waals surface area (Å²) in [4.78, 5) is 32.4. The van der Waals surface area contributed by atoms with Crippen LogP contribution in [0.1, 0.15) is 0 Å². The van der Waals surface area contributed by atoms with E-state index >= 15 is 0 Å². The normalized spacial score (nSPS) is 11.6. The summed E-state index contributed by atoms with van der Waals surface area (Å²) in [6.07, 6.45) is 2.76. The van der Waals surface area contributed by atoms with Crippen LogP contribution in [0.4, 0.5) is 0 Å². The van der Waals surface area contributed by atoms with Gasteiger partial charge in [0, 0.05) is 12.1 Å². The molecule has 11 heteroatoms. The average Bonchev–Trinajstić information content (AvgIpc) is 3.28. The van der Waals surface area contributed by atoms with Gasteiger partial charge in [0.1, 0.15) is 25.7 Å². The maximum absolute atomic E-state index is 12.3. The molecule has 1 amide bonds. The Morgan fingerprint density at radius 3 is 2.52 bits per heavy atom. The molecule has 3 aromatic rings. The molecule has 0 bridgehead atoms. The average molecular weight is 391 g/mol. The summed E-state index contributed by atoms with van der Waals surface area (Å²) in [5.41, 5.74) is 0.676. The van der Waals surface area contributed by atoms with Crippen molar-refractivity contribution in [3.05, 3.63) is 29.6 Å². The van der Waals surface area contributed by atoms with E-state index in [2.05, 4.69) is 15.1 Å². The minimum atomic E-state index is -0.463. The van der Waals surface area contributed by atoms with Crippen molar-refractivity contribution in [2.24, 2.45) is 4.99 Å². The van der Waals surface area contributed by atoms with Crippen molar-refractivity contribution in [3.63, 3.8) is 0 Å². The second-order valence-corrected chi connectivity index (χ2v) is 6.33. The fourth-order valence-corrected chi connectivity index (χ4v) is 3.48. The van der Waals surface area contributed by atoms with Crippen molar-refractivity contribution in [2.45, 2.75) is 13.1 Å². The second kappa shape index (κ2) is 7.99. The third-order valence-electron chi connectivity index (χ3n) is 3.69. The molecular formula is C16H17N5O5S. The Balaban J connectivity index is 2.11. The molecule has 142 valence electrons. The highest BCUT2D eigenvalue weighted by Gasteiger charge is 2.15. The van der Waals surface area contributed by atoms with Crippen molar-refractivity contribution < 1.29 is 23.8 Å². The summed E-state index contributed by atoms with van der Waals surface area (Å²) >= 11 is 1.25. The molecule has 0 N–H and O–H groups in total. The summed E-state index contributed by atoms with van der Waals surface area (Å²) in [6.45, 7) is -0.152. The number of carbonyl (C=O) groups excluding carboxylic acids is 2. The molecule has 1 aromatic carbocycles. The maximum Gasteiger partial charge on any atom is 0.325 e. The van der Waals surface area contributed by atoms with Crippen LogP contribution in [0, 0.1) is 0 Å². The predicted molar refractivity (Wildman–Crippen MR) is 95.5 cm³/mol. The third kappa shape index (κ3) is 3.97. The molecule has 0 aliphatic carbocycles. The lowest BCUT2D eigenvalue weighted by molar-refractivity contribution is -0.141. The summed E-state index contributed by atoms with van der Waals surface area (Å²) in [7, 11) is 4.36. The van der Waals surface area contributed by atoms with Crippen molar-refractivity contribution in [3.8, 4) is 11.5 Å². The standard InChI is InChI=1S/C16H17N5O5S/c1-24-11-4-10-13(5-12(11)25-2)27-16(21(10)7-15(23)26-3)19-14(22)6-20-9-17-8-18-20/h4-5,8-9H,6-7H2,1-3H3. The number of rotatable bonds is 6. The van der Waals surface area contributed by atoms with Crippen LogP contribution >= 0.6 is 11.3 Å². The summed E-state index contributed by atoms with van der Waals surface area (Å²) in [5.74, 6) is 0.151. The van der Waals surface area contributed by atoms with Gasteiger partial charge >= 0.3 is 5.97 Å². The summed E-state index contributed by atoms with van der Waals surface area (Å²) in [6, 6.07) is 3.50. The molecule has 0 aliphatic heterocycles. The van der Waals surface area contributed by atoms with E-state index in [9.17, 15) is 9.59 Å². The number of esters is 1. The SMILES string of the molecule is COC(=O)Cn1c(=NC(=O)Cn2cncn2)sc2cc(OC)c(OC)cc21. The molecule has 0 atom stereocenters. The lowest BCUT2D eigenvalue weighted by Crippen LogP contribution is -2.23. The van der Waals surface area contributed by atoms with Crippen molar-refractivity contribution in [2.75, 3.05) is 21.3 Å². The van der Waals surface area contributed by atoms with Gasteiger partial charge in [-0.25, -0.2) is 9.67 Å². The summed E-state index contributed by atoms with van der Waals surface area (Å²) < 4.78 is 19.2. The molecule has 2 heterocycles. The van der Waals surface area contributed by atoms with Gasteiger partial charge in [-0.1, -0.05) is 11.3 Å². The predicted octanol–water partition coefficient (Wildman–Crippen LogP) is 0.612. The first-order valence-electron chi connectivity index (χ1n) is 7.78. The number of amides is 1. The number of fused-ring (bicyclic) bond motifs is 1. The van der Waals surface area contributed by atoms with Crippen LogP contribution < -0.4 is 14.3 Å². The highest BCUT2D eigenvalue weighted by Crippen LogP contribution is 2.33.